The maximum Gasteiger partial charge on any atom is 0.0590 e. The molecule has 0 radical (unpaired) electrons. The fraction of sp³-hybridized carbons (Fsp3) is 1.00. The van der Waals surface area contributed by atoms with Gasteiger partial charge in [-0.3, -0.25) is 0 Å². The Morgan fingerprint density at radius 1 is 1.42 bits per heavy atom. The van der Waals surface area contributed by atoms with Gasteiger partial charge < -0.3 is 15.2 Å². The zero-order chi connectivity index (χ0) is 9.40. The van der Waals surface area contributed by atoms with Crippen molar-refractivity contribution in [2.24, 2.45) is 5.92 Å². The average Bonchev–Trinajstić information content (AvgIpc) is 2.10. The first-order chi connectivity index (χ1) is 5.72. The topological polar surface area (TPSA) is 41.5 Å². The summed E-state index contributed by atoms with van der Waals surface area (Å²) in [5, 5.41) is 12.1. The molecule has 2 unspecified atom stereocenters. The highest BCUT2D eigenvalue weighted by Gasteiger charge is 2.08. The van der Waals surface area contributed by atoms with E-state index in [1.54, 1.807) is 0 Å². The third-order valence-electron chi connectivity index (χ3n) is 2.06. The molecule has 0 aromatic carbocycles. The van der Waals surface area contributed by atoms with Gasteiger partial charge in [-0.1, -0.05) is 6.92 Å². The summed E-state index contributed by atoms with van der Waals surface area (Å²) in [4.78, 5) is 0. The van der Waals surface area contributed by atoms with Crippen LogP contribution < -0.4 is 5.32 Å². The molecule has 0 spiro atoms. The van der Waals surface area contributed by atoms with Crippen molar-refractivity contribution >= 4 is 0 Å². The molecule has 0 aliphatic heterocycles. The van der Waals surface area contributed by atoms with Gasteiger partial charge in [0.15, 0.2) is 0 Å². The van der Waals surface area contributed by atoms with Crippen LogP contribution >= 0.6 is 0 Å². The smallest absolute Gasteiger partial charge is 0.0590 e. The van der Waals surface area contributed by atoms with Crippen molar-refractivity contribution in [3.8, 4) is 0 Å². The van der Waals surface area contributed by atoms with Gasteiger partial charge in [0.05, 0.1) is 6.61 Å². The summed E-state index contributed by atoms with van der Waals surface area (Å²) in [6.07, 6.45) is 0. The van der Waals surface area contributed by atoms with E-state index >= 15 is 0 Å². The highest BCUT2D eigenvalue weighted by molar-refractivity contribution is 4.66. The summed E-state index contributed by atoms with van der Waals surface area (Å²) in [6.45, 7) is 8.71. The predicted molar refractivity (Wildman–Crippen MR) is 50.2 cm³/mol. The second-order valence-corrected chi connectivity index (χ2v) is 3.10. The molecule has 0 fully saturated rings. The lowest BCUT2D eigenvalue weighted by Crippen LogP contribution is -2.35. The lowest BCUT2D eigenvalue weighted by Gasteiger charge is -2.18. The molecule has 12 heavy (non-hydrogen) atoms. The molecule has 0 aliphatic carbocycles. The molecular formula is C9H21NO2. The number of ether oxygens (including phenoxy) is 1. The van der Waals surface area contributed by atoms with E-state index in [0.29, 0.717) is 12.0 Å². The Hall–Kier alpha value is -0.120. The quantitative estimate of drug-likeness (QED) is 0.558. The highest BCUT2D eigenvalue weighted by atomic mass is 16.5. The summed E-state index contributed by atoms with van der Waals surface area (Å²) in [7, 11) is 0. The molecule has 2 atom stereocenters. The Morgan fingerprint density at radius 3 is 2.58 bits per heavy atom. The van der Waals surface area contributed by atoms with E-state index in [1.807, 2.05) is 13.8 Å². The predicted octanol–water partition coefficient (Wildman–Crippen LogP) is 0.629. The van der Waals surface area contributed by atoms with Crippen LogP contribution in [0.3, 0.4) is 0 Å². The molecule has 0 amide bonds. The minimum atomic E-state index is 0.239. The molecule has 0 aliphatic rings. The number of hydrogen-bond acceptors (Lipinski definition) is 3. The van der Waals surface area contributed by atoms with Gasteiger partial charge in [0.1, 0.15) is 0 Å². The second-order valence-electron chi connectivity index (χ2n) is 3.10. The molecule has 0 bridgehead atoms. The fourth-order valence-corrected chi connectivity index (χ4v) is 0.862. The van der Waals surface area contributed by atoms with E-state index in [1.165, 1.54) is 0 Å². The fourth-order valence-electron chi connectivity index (χ4n) is 0.862. The minimum Gasteiger partial charge on any atom is -0.396 e. The Morgan fingerprint density at radius 2 is 2.08 bits per heavy atom. The van der Waals surface area contributed by atoms with E-state index in [-0.39, 0.29) is 6.61 Å². The number of rotatable bonds is 7. The summed E-state index contributed by atoms with van der Waals surface area (Å²) in [6, 6.07) is 0.357. The maximum absolute atomic E-state index is 8.84. The minimum absolute atomic E-state index is 0.239. The van der Waals surface area contributed by atoms with Gasteiger partial charge in [0.2, 0.25) is 0 Å². The number of nitrogens with one attached hydrogen (secondary N) is 1. The van der Waals surface area contributed by atoms with Gasteiger partial charge in [0, 0.05) is 25.8 Å². The Balaban J connectivity index is 3.24. The summed E-state index contributed by atoms with van der Waals surface area (Å²) < 4.78 is 5.17. The third-order valence-corrected chi connectivity index (χ3v) is 2.06. The monoisotopic (exact) mass is 175 g/mol. The Bertz CT molecular complexity index is 98.5. The van der Waals surface area contributed by atoms with Crippen LogP contribution in [0, 0.1) is 5.92 Å². The van der Waals surface area contributed by atoms with E-state index < -0.39 is 0 Å². The first-order valence-electron chi connectivity index (χ1n) is 4.64. The third kappa shape index (κ3) is 5.52. The first-order valence-corrected chi connectivity index (χ1v) is 4.64. The van der Waals surface area contributed by atoms with Gasteiger partial charge in [-0.2, -0.15) is 0 Å². The maximum atomic E-state index is 8.84. The summed E-state index contributed by atoms with van der Waals surface area (Å²) >= 11 is 0. The molecule has 3 nitrogen and oxygen atoms in total. The number of hydrogen-bond donors (Lipinski definition) is 2. The summed E-state index contributed by atoms with van der Waals surface area (Å²) in [5.41, 5.74) is 0. The van der Waals surface area contributed by atoms with Crippen molar-refractivity contribution in [3.05, 3.63) is 0 Å². The van der Waals surface area contributed by atoms with E-state index in [9.17, 15) is 0 Å². The molecule has 0 heterocycles. The molecule has 0 aromatic heterocycles. The molecule has 0 saturated heterocycles. The van der Waals surface area contributed by atoms with Crippen molar-refractivity contribution < 1.29 is 9.84 Å². The normalized spacial score (nSPS) is 16.0. The molecule has 74 valence electrons. The summed E-state index contributed by atoms with van der Waals surface area (Å²) in [5.74, 6) is 0.312. The van der Waals surface area contributed by atoms with Crippen LogP contribution in [-0.4, -0.2) is 37.5 Å². The Labute approximate surface area is 75.1 Å². The van der Waals surface area contributed by atoms with Crippen LogP contribution in [0.2, 0.25) is 0 Å². The van der Waals surface area contributed by atoms with Gasteiger partial charge in [-0.05, 0) is 19.8 Å². The SMILES string of the molecule is CCOCCNC(C)C(C)CO. The highest BCUT2D eigenvalue weighted by Crippen LogP contribution is 1.99. The molecule has 0 aromatic rings. The first kappa shape index (κ1) is 11.9. The Kier molecular flexibility index (Phi) is 7.45. The lowest BCUT2D eigenvalue weighted by molar-refractivity contribution is 0.140. The van der Waals surface area contributed by atoms with Gasteiger partial charge in [-0.25, -0.2) is 0 Å². The van der Waals surface area contributed by atoms with Crippen molar-refractivity contribution in [1.29, 1.82) is 0 Å². The second kappa shape index (κ2) is 7.53. The van der Waals surface area contributed by atoms with Crippen molar-refractivity contribution in [2.45, 2.75) is 26.8 Å². The van der Waals surface area contributed by atoms with E-state index in [4.69, 9.17) is 9.84 Å². The lowest BCUT2D eigenvalue weighted by atomic mass is 10.1. The van der Waals surface area contributed by atoms with Crippen LogP contribution in [0.25, 0.3) is 0 Å². The number of aliphatic hydroxyl groups excluding tert-OH is 1. The van der Waals surface area contributed by atoms with Gasteiger partial charge >= 0.3 is 0 Å². The van der Waals surface area contributed by atoms with Gasteiger partial charge in [0.25, 0.3) is 0 Å². The van der Waals surface area contributed by atoms with Crippen LogP contribution in [0.4, 0.5) is 0 Å². The van der Waals surface area contributed by atoms with E-state index in [0.717, 1.165) is 19.8 Å². The zero-order valence-corrected chi connectivity index (χ0v) is 8.34. The van der Waals surface area contributed by atoms with Crippen molar-refractivity contribution in [1.82, 2.24) is 5.32 Å². The van der Waals surface area contributed by atoms with Crippen LogP contribution in [0.1, 0.15) is 20.8 Å². The molecule has 2 N–H and O–H groups in total. The van der Waals surface area contributed by atoms with Crippen molar-refractivity contribution in [2.75, 3.05) is 26.4 Å². The average molecular weight is 175 g/mol. The number of aliphatic hydroxyl groups is 1. The molecular weight excluding hydrogens is 154 g/mol. The largest absolute Gasteiger partial charge is 0.396 e. The van der Waals surface area contributed by atoms with Crippen LogP contribution in [-0.2, 0) is 4.74 Å². The zero-order valence-electron chi connectivity index (χ0n) is 8.34. The van der Waals surface area contributed by atoms with Gasteiger partial charge in [-0.15, -0.1) is 0 Å². The van der Waals surface area contributed by atoms with E-state index in [2.05, 4.69) is 12.2 Å². The van der Waals surface area contributed by atoms with Crippen LogP contribution in [0.5, 0.6) is 0 Å². The van der Waals surface area contributed by atoms with Crippen LogP contribution in [0.15, 0.2) is 0 Å². The molecule has 3 heteroatoms. The molecule has 0 saturated carbocycles. The standard InChI is InChI=1S/C9H21NO2/c1-4-12-6-5-10-9(3)8(2)7-11/h8-11H,4-7H2,1-3H3. The van der Waals surface area contributed by atoms with Crippen molar-refractivity contribution in [3.63, 3.8) is 0 Å². The molecule has 0 rings (SSSR count).